The second-order valence-electron chi connectivity index (χ2n) is 10.6. The molecule has 1 amide bonds. The summed E-state index contributed by atoms with van der Waals surface area (Å²) in [4.78, 5) is 29.1. The number of benzene rings is 2. The molecule has 2 atom stereocenters. The van der Waals surface area contributed by atoms with Crippen LogP contribution in [0.2, 0.25) is 0 Å². The van der Waals surface area contributed by atoms with Crippen LogP contribution >= 0.6 is 0 Å². The summed E-state index contributed by atoms with van der Waals surface area (Å²) in [6.45, 7) is -0.179. The van der Waals surface area contributed by atoms with Crippen LogP contribution in [0.5, 0.6) is 0 Å². The molecular formula is C30H34FN3O5. The van der Waals surface area contributed by atoms with Crippen LogP contribution in [-0.4, -0.2) is 61.9 Å². The lowest BCUT2D eigenvalue weighted by Gasteiger charge is -2.22. The first kappa shape index (κ1) is 26.9. The summed E-state index contributed by atoms with van der Waals surface area (Å²) in [5.74, 6) is -0.291. The standard InChI is InChI=1S/C23H22FN3O3.C7H12O2/c1-26-12-18(17-4-2-3-5-20(17)26)23-25-19-7-6-14(8-21(19)30-23)9-22(29)27-11-15(24)10-16(27)13-28;8-7(9)6-4-2-1-3-5-6/h2-8,12,15-16,28H,9-11,13H2,1H3;6H,1-5H2,(H,8,9). The maximum atomic E-state index is 13.7. The third-order valence-electron chi connectivity index (χ3n) is 7.78. The third kappa shape index (κ3) is 5.83. The SMILES string of the molecule is Cn1cc(-c2nc3ccc(CC(=O)N4CC(F)CC4CO)cc3o2)c2ccccc21.O=C(O)C1CCCCC1. The number of aromatic nitrogens is 2. The molecule has 6 rings (SSSR count). The van der Waals surface area contributed by atoms with E-state index in [1.54, 1.807) is 0 Å². The van der Waals surface area contributed by atoms with Crippen molar-refractivity contribution in [2.45, 2.75) is 57.2 Å². The van der Waals surface area contributed by atoms with Gasteiger partial charge in [-0.05, 0) is 36.6 Å². The minimum Gasteiger partial charge on any atom is -0.481 e. The van der Waals surface area contributed by atoms with E-state index < -0.39 is 18.2 Å². The number of hydrogen-bond acceptors (Lipinski definition) is 5. The molecule has 1 aliphatic carbocycles. The smallest absolute Gasteiger partial charge is 0.306 e. The van der Waals surface area contributed by atoms with Gasteiger partial charge in [0.1, 0.15) is 11.7 Å². The van der Waals surface area contributed by atoms with Crippen LogP contribution in [0.1, 0.15) is 44.1 Å². The Hall–Kier alpha value is -3.72. The van der Waals surface area contributed by atoms with E-state index in [2.05, 4.69) is 4.98 Å². The van der Waals surface area contributed by atoms with E-state index in [4.69, 9.17) is 9.52 Å². The number of carbonyl (C=O) groups excluding carboxylic acids is 1. The fourth-order valence-electron chi connectivity index (χ4n) is 5.67. The van der Waals surface area contributed by atoms with Crippen molar-refractivity contribution in [1.82, 2.24) is 14.5 Å². The molecule has 9 heteroatoms. The maximum Gasteiger partial charge on any atom is 0.306 e. The second-order valence-corrected chi connectivity index (χ2v) is 10.6. The van der Waals surface area contributed by atoms with Crippen LogP contribution in [0, 0.1) is 5.92 Å². The zero-order valence-electron chi connectivity index (χ0n) is 22.1. The molecule has 0 bridgehead atoms. The van der Waals surface area contributed by atoms with E-state index in [0.29, 0.717) is 17.0 Å². The highest BCUT2D eigenvalue weighted by Crippen LogP contribution is 2.32. The van der Waals surface area contributed by atoms with E-state index in [-0.39, 0.29) is 37.8 Å². The molecule has 4 aromatic rings. The van der Waals surface area contributed by atoms with Gasteiger partial charge >= 0.3 is 5.97 Å². The summed E-state index contributed by atoms with van der Waals surface area (Å²) in [5.41, 5.74) is 4.10. The Kier molecular flexibility index (Phi) is 7.97. The molecule has 0 radical (unpaired) electrons. The van der Waals surface area contributed by atoms with Crippen LogP contribution in [-0.2, 0) is 23.1 Å². The number of carboxylic acids is 1. The number of carbonyl (C=O) groups is 2. The molecule has 206 valence electrons. The van der Waals surface area contributed by atoms with E-state index >= 15 is 0 Å². The Morgan fingerprint density at radius 1 is 1.13 bits per heavy atom. The van der Waals surface area contributed by atoms with Crippen LogP contribution in [0.15, 0.2) is 53.1 Å². The molecule has 2 aromatic carbocycles. The van der Waals surface area contributed by atoms with Gasteiger partial charge in [-0.3, -0.25) is 9.59 Å². The molecule has 39 heavy (non-hydrogen) atoms. The lowest BCUT2D eigenvalue weighted by Crippen LogP contribution is -2.38. The van der Waals surface area contributed by atoms with E-state index in [9.17, 15) is 19.1 Å². The zero-order chi connectivity index (χ0) is 27.5. The van der Waals surface area contributed by atoms with Crippen molar-refractivity contribution in [2.24, 2.45) is 13.0 Å². The van der Waals surface area contributed by atoms with E-state index in [1.165, 1.54) is 11.3 Å². The molecule has 2 aliphatic rings. The lowest BCUT2D eigenvalue weighted by molar-refractivity contribution is -0.142. The number of aryl methyl sites for hydroxylation is 1. The van der Waals surface area contributed by atoms with Crippen molar-refractivity contribution >= 4 is 33.9 Å². The average molecular weight is 536 g/mol. The minimum absolute atomic E-state index is 0.0289. The first-order chi connectivity index (χ1) is 18.8. The topological polar surface area (TPSA) is 109 Å². The van der Waals surface area contributed by atoms with Crippen LogP contribution in [0.3, 0.4) is 0 Å². The summed E-state index contributed by atoms with van der Waals surface area (Å²) >= 11 is 0. The third-order valence-corrected chi connectivity index (χ3v) is 7.78. The number of fused-ring (bicyclic) bond motifs is 2. The van der Waals surface area contributed by atoms with Gasteiger partial charge in [-0.1, -0.05) is 43.5 Å². The van der Waals surface area contributed by atoms with Gasteiger partial charge in [0.15, 0.2) is 5.58 Å². The number of alkyl halides is 1. The minimum atomic E-state index is -1.08. The van der Waals surface area contributed by atoms with E-state index in [1.807, 2.05) is 60.3 Å². The number of amides is 1. The summed E-state index contributed by atoms with van der Waals surface area (Å²) in [6.07, 6.45) is 6.48. The highest BCUT2D eigenvalue weighted by atomic mass is 19.1. The fourth-order valence-corrected chi connectivity index (χ4v) is 5.67. The number of likely N-dealkylation sites (tertiary alicyclic amines) is 1. The van der Waals surface area contributed by atoms with Crippen LogP contribution < -0.4 is 0 Å². The maximum absolute atomic E-state index is 13.7. The van der Waals surface area contributed by atoms with E-state index in [0.717, 1.165) is 47.7 Å². The first-order valence-electron chi connectivity index (χ1n) is 13.5. The summed E-state index contributed by atoms with van der Waals surface area (Å²) in [7, 11) is 1.98. The number of oxazole rings is 1. The van der Waals surface area contributed by atoms with Crippen molar-refractivity contribution in [2.75, 3.05) is 13.2 Å². The number of nitrogens with zero attached hydrogens (tertiary/aromatic N) is 3. The van der Waals surface area contributed by atoms with Crippen LogP contribution in [0.4, 0.5) is 4.39 Å². The number of para-hydroxylation sites is 1. The van der Waals surface area contributed by atoms with Gasteiger partial charge in [0, 0.05) is 30.6 Å². The van der Waals surface area contributed by atoms with Crippen molar-refractivity contribution in [1.29, 1.82) is 0 Å². The monoisotopic (exact) mass is 535 g/mol. The van der Waals surface area contributed by atoms with Gasteiger partial charge in [-0.15, -0.1) is 0 Å². The molecule has 2 fully saturated rings. The Labute approximate surface area is 226 Å². The molecule has 1 saturated carbocycles. The largest absolute Gasteiger partial charge is 0.481 e. The predicted octanol–water partition coefficient (Wildman–Crippen LogP) is 5.11. The van der Waals surface area contributed by atoms with Gasteiger partial charge in [0.05, 0.1) is 37.1 Å². The summed E-state index contributed by atoms with van der Waals surface area (Å²) in [5, 5.41) is 19.0. The highest BCUT2D eigenvalue weighted by molar-refractivity contribution is 5.95. The number of aliphatic hydroxyl groups excluding tert-OH is 1. The molecule has 3 heterocycles. The van der Waals surface area contributed by atoms with Crippen molar-refractivity contribution in [3.05, 3.63) is 54.2 Å². The van der Waals surface area contributed by atoms with Gasteiger partial charge in [0.2, 0.25) is 11.8 Å². The van der Waals surface area contributed by atoms with Gasteiger partial charge < -0.3 is 24.1 Å². The predicted molar refractivity (Wildman–Crippen MR) is 146 cm³/mol. The van der Waals surface area contributed by atoms with Crippen molar-refractivity contribution in [3.8, 4) is 11.5 Å². The Morgan fingerprint density at radius 2 is 1.90 bits per heavy atom. The number of aliphatic carboxylic acids is 1. The molecular weight excluding hydrogens is 501 g/mol. The average Bonchev–Trinajstić information content (AvgIpc) is 3.64. The molecule has 2 unspecified atom stereocenters. The zero-order valence-corrected chi connectivity index (χ0v) is 22.1. The first-order valence-corrected chi connectivity index (χ1v) is 13.5. The summed E-state index contributed by atoms with van der Waals surface area (Å²) < 4.78 is 21.7. The number of aliphatic hydroxyl groups is 1. The summed E-state index contributed by atoms with van der Waals surface area (Å²) in [6, 6.07) is 13.1. The second kappa shape index (κ2) is 11.6. The molecule has 1 saturated heterocycles. The molecule has 8 nitrogen and oxygen atoms in total. The van der Waals surface area contributed by atoms with Gasteiger partial charge in [0.25, 0.3) is 0 Å². The number of hydrogen-bond donors (Lipinski definition) is 2. The highest BCUT2D eigenvalue weighted by Gasteiger charge is 2.34. The Balaban J connectivity index is 0.000000292. The fraction of sp³-hybridized carbons (Fsp3) is 0.433. The number of rotatable bonds is 5. The van der Waals surface area contributed by atoms with Gasteiger partial charge in [-0.2, -0.15) is 0 Å². The molecule has 2 aromatic heterocycles. The van der Waals surface area contributed by atoms with Crippen LogP contribution in [0.25, 0.3) is 33.5 Å². The Bertz CT molecular complexity index is 1470. The van der Waals surface area contributed by atoms with Gasteiger partial charge in [-0.25, -0.2) is 9.37 Å². The quantitative estimate of drug-likeness (QED) is 0.368. The number of halogens is 1. The molecule has 1 aliphatic heterocycles. The lowest BCUT2D eigenvalue weighted by atomic mass is 9.90. The molecule has 0 spiro atoms. The van der Waals surface area contributed by atoms with Crippen molar-refractivity contribution in [3.63, 3.8) is 0 Å². The Morgan fingerprint density at radius 3 is 2.62 bits per heavy atom. The van der Waals surface area contributed by atoms with Crippen molar-refractivity contribution < 1.29 is 28.6 Å². The molecule has 2 N–H and O–H groups in total. The number of carboxylic acid groups (broad SMARTS) is 1. The normalized spacial score (nSPS) is 19.8.